The molecule has 8 nitrogen and oxygen atoms in total. The summed E-state index contributed by atoms with van der Waals surface area (Å²) < 4.78 is 0. The molecule has 3 aromatic carbocycles. The SMILES string of the molecule is O=[N+]([O-])c1ccc(/C=C/C2=C[C@H](c3ccc([N+](=O)[O-])cc3)N(c3ccccc3)N2)cc1. The Morgan fingerprint density at radius 1 is 0.774 bits per heavy atom. The van der Waals surface area contributed by atoms with Gasteiger partial charge in [-0.25, -0.2) is 0 Å². The van der Waals surface area contributed by atoms with E-state index in [0.29, 0.717) is 0 Å². The Hall–Kier alpha value is -4.46. The van der Waals surface area contributed by atoms with Gasteiger partial charge in [-0.05, 0) is 59.7 Å². The summed E-state index contributed by atoms with van der Waals surface area (Å²) in [6.45, 7) is 0. The van der Waals surface area contributed by atoms with Gasteiger partial charge in [-0.15, -0.1) is 0 Å². The summed E-state index contributed by atoms with van der Waals surface area (Å²) in [5, 5.41) is 23.8. The molecule has 1 aliphatic heterocycles. The van der Waals surface area contributed by atoms with Gasteiger partial charge in [-0.3, -0.25) is 30.7 Å². The highest BCUT2D eigenvalue weighted by Gasteiger charge is 2.26. The quantitative estimate of drug-likeness (QED) is 0.441. The summed E-state index contributed by atoms with van der Waals surface area (Å²) in [5.41, 5.74) is 6.97. The zero-order valence-electron chi connectivity index (χ0n) is 16.3. The second-order valence-electron chi connectivity index (χ2n) is 6.91. The molecule has 0 aromatic heterocycles. The van der Waals surface area contributed by atoms with Crippen LogP contribution < -0.4 is 10.4 Å². The number of nitro groups is 2. The van der Waals surface area contributed by atoms with Crippen molar-refractivity contribution in [3.63, 3.8) is 0 Å². The molecule has 0 spiro atoms. The number of nitrogens with zero attached hydrogens (tertiary/aromatic N) is 3. The minimum atomic E-state index is -0.429. The maximum Gasteiger partial charge on any atom is 0.269 e. The van der Waals surface area contributed by atoms with Gasteiger partial charge in [0.1, 0.15) is 0 Å². The van der Waals surface area contributed by atoms with E-state index in [4.69, 9.17) is 0 Å². The van der Waals surface area contributed by atoms with E-state index in [1.165, 1.54) is 24.3 Å². The number of allylic oxidation sites excluding steroid dienone is 1. The van der Waals surface area contributed by atoms with Crippen molar-refractivity contribution < 1.29 is 9.85 Å². The number of hydrogen-bond acceptors (Lipinski definition) is 6. The number of nitro benzene ring substituents is 2. The monoisotopic (exact) mass is 414 g/mol. The van der Waals surface area contributed by atoms with Crippen molar-refractivity contribution in [3.8, 4) is 0 Å². The number of hydrogen-bond donors (Lipinski definition) is 1. The van der Waals surface area contributed by atoms with Gasteiger partial charge in [0, 0.05) is 24.3 Å². The zero-order chi connectivity index (χ0) is 21.8. The molecule has 0 unspecified atom stereocenters. The van der Waals surface area contributed by atoms with Gasteiger partial charge >= 0.3 is 0 Å². The molecule has 1 atom stereocenters. The van der Waals surface area contributed by atoms with E-state index in [1.807, 2.05) is 53.6 Å². The predicted molar refractivity (Wildman–Crippen MR) is 118 cm³/mol. The van der Waals surface area contributed by atoms with Crippen LogP contribution in [0.1, 0.15) is 17.2 Å². The van der Waals surface area contributed by atoms with Crippen LogP contribution >= 0.6 is 0 Å². The van der Waals surface area contributed by atoms with Crippen molar-refractivity contribution in [2.45, 2.75) is 6.04 Å². The Balaban J connectivity index is 1.61. The van der Waals surface area contributed by atoms with Crippen molar-refractivity contribution in [1.82, 2.24) is 5.43 Å². The van der Waals surface area contributed by atoms with Gasteiger partial charge in [-0.1, -0.05) is 24.3 Å². The predicted octanol–water partition coefficient (Wildman–Crippen LogP) is 5.17. The number of non-ortho nitro benzene ring substituents is 2. The summed E-state index contributed by atoms with van der Waals surface area (Å²) in [6.07, 6.45) is 5.78. The number of nitrogens with one attached hydrogen (secondary N) is 1. The first kappa shape index (κ1) is 19.8. The molecule has 0 fully saturated rings. The summed E-state index contributed by atoms with van der Waals surface area (Å²) >= 11 is 0. The number of para-hydroxylation sites is 1. The smallest absolute Gasteiger partial charge is 0.269 e. The first-order valence-electron chi connectivity index (χ1n) is 9.51. The van der Waals surface area contributed by atoms with Crippen LogP contribution in [0.5, 0.6) is 0 Å². The lowest BCUT2D eigenvalue weighted by Gasteiger charge is -2.27. The molecule has 154 valence electrons. The largest absolute Gasteiger partial charge is 0.298 e. The van der Waals surface area contributed by atoms with E-state index in [1.54, 1.807) is 24.3 Å². The van der Waals surface area contributed by atoms with E-state index in [-0.39, 0.29) is 17.4 Å². The van der Waals surface area contributed by atoms with Crippen LogP contribution in [-0.4, -0.2) is 9.85 Å². The van der Waals surface area contributed by atoms with Gasteiger partial charge in [0.15, 0.2) is 0 Å². The average Bonchev–Trinajstić information content (AvgIpc) is 3.23. The molecule has 0 saturated carbocycles. The summed E-state index contributed by atoms with van der Waals surface area (Å²) in [7, 11) is 0. The lowest BCUT2D eigenvalue weighted by atomic mass is 10.0. The second-order valence-corrected chi connectivity index (χ2v) is 6.91. The highest BCUT2D eigenvalue weighted by atomic mass is 16.6. The highest BCUT2D eigenvalue weighted by molar-refractivity contribution is 5.59. The number of rotatable bonds is 6. The summed E-state index contributed by atoms with van der Waals surface area (Å²) in [4.78, 5) is 20.9. The van der Waals surface area contributed by atoms with Crippen molar-refractivity contribution >= 4 is 23.1 Å². The molecule has 0 radical (unpaired) electrons. The normalized spacial score (nSPS) is 15.5. The molecule has 1 aliphatic rings. The molecule has 31 heavy (non-hydrogen) atoms. The molecule has 0 bridgehead atoms. The molecule has 0 saturated heterocycles. The fraction of sp³-hybridized carbons (Fsp3) is 0.0435. The molecule has 1 N–H and O–H groups in total. The Labute approximate surface area is 178 Å². The van der Waals surface area contributed by atoms with Crippen molar-refractivity contribution in [2.24, 2.45) is 0 Å². The molecular weight excluding hydrogens is 396 g/mol. The third kappa shape index (κ3) is 4.43. The van der Waals surface area contributed by atoms with Crippen LogP contribution in [0.2, 0.25) is 0 Å². The second kappa shape index (κ2) is 8.50. The Kier molecular flexibility index (Phi) is 5.44. The molecule has 3 aromatic rings. The van der Waals surface area contributed by atoms with Crippen LogP contribution in [-0.2, 0) is 0 Å². The van der Waals surface area contributed by atoms with E-state index in [0.717, 1.165) is 22.5 Å². The van der Waals surface area contributed by atoms with Crippen LogP contribution in [0.3, 0.4) is 0 Å². The van der Waals surface area contributed by atoms with Crippen molar-refractivity contribution in [1.29, 1.82) is 0 Å². The van der Waals surface area contributed by atoms with E-state index < -0.39 is 9.85 Å². The number of benzene rings is 3. The molecule has 8 heteroatoms. The lowest BCUT2D eigenvalue weighted by molar-refractivity contribution is -0.385. The highest BCUT2D eigenvalue weighted by Crippen LogP contribution is 2.33. The fourth-order valence-electron chi connectivity index (χ4n) is 3.33. The maximum absolute atomic E-state index is 11.0. The third-order valence-corrected chi connectivity index (χ3v) is 4.90. The zero-order valence-corrected chi connectivity index (χ0v) is 16.3. The third-order valence-electron chi connectivity index (χ3n) is 4.90. The summed E-state index contributed by atoms with van der Waals surface area (Å²) in [5.74, 6) is 0. The van der Waals surface area contributed by atoms with Crippen LogP contribution in [0.15, 0.2) is 96.7 Å². The topological polar surface area (TPSA) is 102 Å². The van der Waals surface area contributed by atoms with E-state index in [9.17, 15) is 20.2 Å². The first-order valence-corrected chi connectivity index (χ1v) is 9.51. The Bertz CT molecular complexity index is 1160. The van der Waals surface area contributed by atoms with E-state index >= 15 is 0 Å². The first-order chi connectivity index (χ1) is 15.0. The van der Waals surface area contributed by atoms with Crippen molar-refractivity contribution in [3.05, 3.63) is 128 Å². The lowest BCUT2D eigenvalue weighted by Crippen LogP contribution is -2.33. The number of hydrazine groups is 1. The van der Waals surface area contributed by atoms with Gasteiger partial charge in [0.2, 0.25) is 0 Å². The van der Waals surface area contributed by atoms with Crippen LogP contribution in [0.4, 0.5) is 17.1 Å². The minimum absolute atomic E-state index is 0.0447. The van der Waals surface area contributed by atoms with Crippen molar-refractivity contribution in [2.75, 3.05) is 5.01 Å². The number of anilines is 1. The van der Waals surface area contributed by atoms with Gasteiger partial charge in [-0.2, -0.15) is 0 Å². The van der Waals surface area contributed by atoms with Gasteiger partial charge in [0.05, 0.1) is 27.3 Å². The minimum Gasteiger partial charge on any atom is -0.298 e. The van der Waals surface area contributed by atoms with Crippen LogP contribution in [0.25, 0.3) is 6.08 Å². The maximum atomic E-state index is 11.0. The van der Waals surface area contributed by atoms with E-state index in [2.05, 4.69) is 5.43 Å². The molecule has 1 heterocycles. The molecule has 0 aliphatic carbocycles. The molecule has 0 amide bonds. The van der Waals surface area contributed by atoms with Gasteiger partial charge < -0.3 is 0 Å². The average molecular weight is 414 g/mol. The summed E-state index contributed by atoms with van der Waals surface area (Å²) in [6, 6.07) is 22.4. The Morgan fingerprint density at radius 3 is 1.94 bits per heavy atom. The standard InChI is InChI=1S/C23H18N4O4/c28-26(29)21-12-7-17(8-13-21)6-11-19-16-23(18-9-14-22(15-10-18)27(30)31)25(24-19)20-4-2-1-3-5-20/h1-16,23-24H/b11-6+/t23-/m1/s1. The van der Waals surface area contributed by atoms with Crippen LogP contribution in [0, 0.1) is 20.2 Å². The van der Waals surface area contributed by atoms with Gasteiger partial charge in [0.25, 0.3) is 11.4 Å². The molecular formula is C23H18N4O4. The fourth-order valence-corrected chi connectivity index (χ4v) is 3.33. The molecule has 4 rings (SSSR count). The Morgan fingerprint density at radius 2 is 1.35 bits per heavy atom.